The molecular weight excluding hydrogens is 326 g/mol. The van der Waals surface area contributed by atoms with Gasteiger partial charge in [0.25, 0.3) is 5.91 Å². The number of anilines is 1. The first-order chi connectivity index (χ1) is 11.5. The van der Waals surface area contributed by atoms with Gasteiger partial charge in [0.15, 0.2) is 6.29 Å². The molecule has 0 saturated carbocycles. The molecule has 0 aliphatic heterocycles. The van der Waals surface area contributed by atoms with Gasteiger partial charge < -0.3 is 10.4 Å². The number of aromatic hydroxyl groups is 1. The summed E-state index contributed by atoms with van der Waals surface area (Å²) in [7, 11) is 0. The zero-order valence-corrected chi connectivity index (χ0v) is 13.6. The van der Waals surface area contributed by atoms with E-state index in [1.54, 1.807) is 48.5 Å². The Balaban J connectivity index is 2.06. The lowest BCUT2D eigenvalue weighted by Gasteiger charge is -2.12. The summed E-state index contributed by atoms with van der Waals surface area (Å²) in [4.78, 5) is 23.9. The van der Waals surface area contributed by atoms with Gasteiger partial charge in [0, 0.05) is 10.7 Å². The van der Waals surface area contributed by atoms with Crippen LogP contribution in [0.15, 0.2) is 48.5 Å². The lowest BCUT2D eigenvalue weighted by Crippen LogP contribution is -2.13. The Morgan fingerprint density at radius 3 is 2.62 bits per heavy atom. The van der Waals surface area contributed by atoms with Crippen molar-refractivity contribution in [2.45, 2.75) is 6.92 Å². The van der Waals surface area contributed by atoms with Gasteiger partial charge in [-0.3, -0.25) is 9.59 Å². The molecule has 2 N–H and O–H groups in total. The molecule has 5 heteroatoms. The SMILES string of the molecule is Cc1cc(Cl)ccc1NC(=O)c1cc2ccccc2c(C=O)c1O. The largest absolute Gasteiger partial charge is 0.506 e. The summed E-state index contributed by atoms with van der Waals surface area (Å²) < 4.78 is 0. The molecule has 4 nitrogen and oxygen atoms in total. The number of carbonyl (C=O) groups is 2. The summed E-state index contributed by atoms with van der Waals surface area (Å²) in [5, 5.41) is 14.9. The Morgan fingerprint density at radius 1 is 1.17 bits per heavy atom. The maximum Gasteiger partial charge on any atom is 0.259 e. The van der Waals surface area contributed by atoms with Crippen LogP contribution in [0.3, 0.4) is 0 Å². The van der Waals surface area contributed by atoms with Crippen LogP contribution in [-0.2, 0) is 0 Å². The Morgan fingerprint density at radius 2 is 1.92 bits per heavy atom. The van der Waals surface area contributed by atoms with Crippen LogP contribution in [0.25, 0.3) is 10.8 Å². The molecule has 0 bridgehead atoms. The number of halogens is 1. The number of rotatable bonds is 3. The minimum absolute atomic E-state index is 0.0464. The maximum atomic E-state index is 12.6. The molecule has 0 spiro atoms. The summed E-state index contributed by atoms with van der Waals surface area (Å²) in [6.07, 6.45) is 0.558. The molecule has 0 heterocycles. The van der Waals surface area contributed by atoms with Crippen LogP contribution in [-0.4, -0.2) is 17.3 Å². The minimum atomic E-state index is -0.494. The normalized spacial score (nSPS) is 10.6. The molecule has 0 radical (unpaired) electrons. The van der Waals surface area contributed by atoms with E-state index < -0.39 is 5.91 Å². The lowest BCUT2D eigenvalue weighted by molar-refractivity contribution is 0.102. The average molecular weight is 340 g/mol. The van der Waals surface area contributed by atoms with Crippen molar-refractivity contribution in [1.82, 2.24) is 0 Å². The predicted molar refractivity (Wildman–Crippen MR) is 95.1 cm³/mol. The topological polar surface area (TPSA) is 66.4 Å². The number of fused-ring (bicyclic) bond motifs is 1. The van der Waals surface area contributed by atoms with Crippen LogP contribution in [0.2, 0.25) is 5.02 Å². The van der Waals surface area contributed by atoms with Crippen LogP contribution >= 0.6 is 11.6 Å². The molecule has 0 aromatic heterocycles. The van der Waals surface area contributed by atoms with Crippen LogP contribution in [0.1, 0.15) is 26.3 Å². The number of nitrogens with one attached hydrogen (secondary N) is 1. The fourth-order valence-corrected chi connectivity index (χ4v) is 2.84. The van der Waals surface area contributed by atoms with Gasteiger partial charge in [-0.05, 0) is 47.5 Å². The van der Waals surface area contributed by atoms with Crippen molar-refractivity contribution in [2.75, 3.05) is 5.32 Å². The zero-order chi connectivity index (χ0) is 17.3. The van der Waals surface area contributed by atoms with E-state index in [1.807, 2.05) is 6.92 Å². The molecule has 3 rings (SSSR count). The Bertz CT molecular complexity index is 966. The molecule has 0 aliphatic rings. The summed E-state index contributed by atoms with van der Waals surface area (Å²) in [6, 6.07) is 13.7. The van der Waals surface area contributed by atoms with E-state index in [0.29, 0.717) is 27.8 Å². The van der Waals surface area contributed by atoms with E-state index in [0.717, 1.165) is 5.56 Å². The molecule has 1 amide bonds. The molecule has 0 fully saturated rings. The van der Waals surface area contributed by atoms with Gasteiger partial charge in [-0.25, -0.2) is 0 Å². The van der Waals surface area contributed by atoms with E-state index in [-0.39, 0.29) is 16.9 Å². The highest BCUT2D eigenvalue weighted by Crippen LogP contribution is 2.31. The van der Waals surface area contributed by atoms with Gasteiger partial charge >= 0.3 is 0 Å². The first-order valence-corrected chi connectivity index (χ1v) is 7.66. The molecule has 3 aromatic carbocycles. The predicted octanol–water partition coefficient (Wildman–Crippen LogP) is 4.57. The monoisotopic (exact) mass is 339 g/mol. The second-order valence-electron chi connectivity index (χ2n) is 5.44. The number of phenols is 1. The number of carbonyl (C=O) groups excluding carboxylic acids is 2. The van der Waals surface area contributed by atoms with Crippen LogP contribution < -0.4 is 5.32 Å². The fourth-order valence-electron chi connectivity index (χ4n) is 2.61. The molecule has 0 atom stereocenters. The van der Waals surface area contributed by atoms with E-state index in [2.05, 4.69) is 5.32 Å². The first kappa shape index (κ1) is 16.0. The smallest absolute Gasteiger partial charge is 0.259 e. The third-order valence-corrected chi connectivity index (χ3v) is 4.10. The number of hydrogen-bond donors (Lipinski definition) is 2. The van der Waals surface area contributed by atoms with Crippen molar-refractivity contribution in [1.29, 1.82) is 0 Å². The molecule has 0 unspecified atom stereocenters. The number of hydrogen-bond acceptors (Lipinski definition) is 3. The van der Waals surface area contributed by atoms with E-state index in [9.17, 15) is 14.7 Å². The second kappa shape index (κ2) is 6.34. The quantitative estimate of drug-likeness (QED) is 0.687. The number of aryl methyl sites for hydroxylation is 1. The summed E-state index contributed by atoms with van der Waals surface area (Å²) in [6.45, 7) is 1.82. The van der Waals surface area contributed by atoms with Gasteiger partial charge in [0.2, 0.25) is 0 Å². The Hall–Kier alpha value is -2.85. The number of phenolic OH excluding ortho intramolecular Hbond substituents is 1. The molecule has 3 aromatic rings. The van der Waals surface area contributed by atoms with Crippen LogP contribution in [0, 0.1) is 6.92 Å². The fraction of sp³-hybridized carbons (Fsp3) is 0.0526. The highest BCUT2D eigenvalue weighted by Gasteiger charge is 2.18. The zero-order valence-electron chi connectivity index (χ0n) is 12.8. The highest BCUT2D eigenvalue weighted by atomic mass is 35.5. The molecule has 0 aliphatic carbocycles. The Kier molecular flexibility index (Phi) is 4.23. The highest BCUT2D eigenvalue weighted by molar-refractivity contribution is 6.30. The summed E-state index contributed by atoms with van der Waals surface area (Å²) >= 11 is 5.91. The van der Waals surface area contributed by atoms with Crippen molar-refractivity contribution in [3.8, 4) is 5.75 Å². The summed E-state index contributed by atoms with van der Waals surface area (Å²) in [5.41, 5.74) is 1.53. The van der Waals surface area contributed by atoms with Crippen LogP contribution in [0.4, 0.5) is 5.69 Å². The van der Waals surface area contributed by atoms with Crippen molar-refractivity contribution >= 4 is 40.3 Å². The number of amides is 1. The number of aldehydes is 1. The maximum absolute atomic E-state index is 12.6. The van der Waals surface area contributed by atoms with Gasteiger partial charge in [-0.2, -0.15) is 0 Å². The van der Waals surface area contributed by atoms with Crippen molar-refractivity contribution in [2.24, 2.45) is 0 Å². The molecule has 0 saturated heterocycles. The first-order valence-electron chi connectivity index (χ1n) is 7.28. The van der Waals surface area contributed by atoms with Crippen molar-refractivity contribution in [3.63, 3.8) is 0 Å². The second-order valence-corrected chi connectivity index (χ2v) is 5.88. The van der Waals surface area contributed by atoms with Crippen molar-refractivity contribution in [3.05, 3.63) is 70.2 Å². The minimum Gasteiger partial charge on any atom is -0.506 e. The molecule has 24 heavy (non-hydrogen) atoms. The van der Waals surface area contributed by atoms with Crippen LogP contribution in [0.5, 0.6) is 5.75 Å². The lowest BCUT2D eigenvalue weighted by atomic mass is 9.99. The van der Waals surface area contributed by atoms with Gasteiger partial charge in [-0.15, -0.1) is 0 Å². The third kappa shape index (κ3) is 2.84. The standard InChI is InChI=1S/C19H14ClNO3/c1-11-8-13(20)6-7-17(11)21-19(24)15-9-12-4-2-3-5-14(12)16(10-22)18(15)23/h2-10,23H,1H3,(H,21,24). The van der Waals surface area contributed by atoms with Gasteiger partial charge in [-0.1, -0.05) is 35.9 Å². The molecular formula is C19H14ClNO3. The number of benzene rings is 3. The van der Waals surface area contributed by atoms with Gasteiger partial charge in [0.1, 0.15) is 5.75 Å². The Labute approximate surface area is 143 Å². The average Bonchev–Trinajstić information content (AvgIpc) is 2.57. The van der Waals surface area contributed by atoms with E-state index in [1.165, 1.54) is 0 Å². The van der Waals surface area contributed by atoms with Gasteiger partial charge in [0.05, 0.1) is 11.1 Å². The van der Waals surface area contributed by atoms with E-state index >= 15 is 0 Å². The molecule has 120 valence electrons. The summed E-state index contributed by atoms with van der Waals surface area (Å²) in [5.74, 6) is -0.820. The van der Waals surface area contributed by atoms with Crippen molar-refractivity contribution < 1.29 is 14.7 Å². The van der Waals surface area contributed by atoms with E-state index in [4.69, 9.17) is 11.6 Å². The third-order valence-electron chi connectivity index (χ3n) is 3.86.